The van der Waals surface area contributed by atoms with Gasteiger partial charge in [-0.3, -0.25) is 0 Å². The molecule has 3 heteroatoms. The Bertz CT molecular complexity index is 175. The van der Waals surface area contributed by atoms with Crippen LogP contribution in [-0.4, -0.2) is 18.2 Å². The predicted octanol–water partition coefficient (Wildman–Crippen LogP) is 3.58. The van der Waals surface area contributed by atoms with E-state index in [9.17, 15) is 4.79 Å². The van der Waals surface area contributed by atoms with Crippen molar-refractivity contribution < 1.29 is 9.53 Å². The van der Waals surface area contributed by atoms with Gasteiger partial charge in [-0.25, -0.2) is 4.79 Å². The molecule has 1 amide bonds. The molecule has 0 saturated carbocycles. The molecule has 0 unspecified atom stereocenters. The number of hydrogen-bond acceptors (Lipinski definition) is 2. The van der Waals surface area contributed by atoms with Crippen LogP contribution in [0.3, 0.4) is 0 Å². The first-order valence-corrected chi connectivity index (χ1v) is 5.57. The summed E-state index contributed by atoms with van der Waals surface area (Å²) in [7, 11) is 0. The minimum atomic E-state index is -0.415. The van der Waals surface area contributed by atoms with Crippen LogP contribution in [0.5, 0.6) is 0 Å². The van der Waals surface area contributed by atoms with Gasteiger partial charge in [0.15, 0.2) is 0 Å². The molecule has 0 aliphatic carbocycles. The number of rotatable bonds is 1. The van der Waals surface area contributed by atoms with Gasteiger partial charge in [-0.1, -0.05) is 34.6 Å². The van der Waals surface area contributed by atoms with Gasteiger partial charge >= 0.3 is 6.09 Å². The summed E-state index contributed by atoms with van der Waals surface area (Å²) in [6.07, 6.45) is -0.345. The van der Waals surface area contributed by atoms with Gasteiger partial charge in [-0.2, -0.15) is 0 Å². The third-order valence-corrected chi connectivity index (χ3v) is 1.16. The molecular weight excluding hydrogens is 190 g/mol. The third-order valence-electron chi connectivity index (χ3n) is 1.16. The van der Waals surface area contributed by atoms with Gasteiger partial charge in [0, 0.05) is 6.54 Å². The highest BCUT2D eigenvalue weighted by Gasteiger charge is 2.18. The van der Waals surface area contributed by atoms with Crippen LogP contribution in [0.1, 0.15) is 55.4 Å². The number of carbonyl (C=O) groups excluding carboxylic acids is 1. The Morgan fingerprint density at radius 3 is 1.73 bits per heavy atom. The fraction of sp³-hybridized carbons (Fsp3) is 0.917. The van der Waals surface area contributed by atoms with E-state index in [1.54, 1.807) is 0 Å². The SMILES string of the molecule is CC.CC(C)(C)CNC(=O)OC(C)(C)C. The van der Waals surface area contributed by atoms with Crippen LogP contribution in [0.15, 0.2) is 0 Å². The first-order chi connectivity index (χ1) is 6.60. The molecule has 0 aliphatic rings. The summed E-state index contributed by atoms with van der Waals surface area (Å²) in [5, 5.41) is 2.72. The fourth-order valence-corrected chi connectivity index (χ4v) is 0.652. The number of nitrogens with one attached hydrogen (secondary N) is 1. The van der Waals surface area contributed by atoms with Crippen molar-refractivity contribution in [3.05, 3.63) is 0 Å². The molecule has 1 N–H and O–H groups in total. The van der Waals surface area contributed by atoms with Crippen molar-refractivity contribution in [3.63, 3.8) is 0 Å². The summed E-state index contributed by atoms with van der Waals surface area (Å²) in [5.41, 5.74) is -0.321. The topological polar surface area (TPSA) is 38.3 Å². The number of alkyl carbamates (subject to hydrolysis) is 1. The lowest BCUT2D eigenvalue weighted by Crippen LogP contribution is -2.37. The molecule has 0 heterocycles. The second-order valence-corrected chi connectivity index (χ2v) is 5.42. The zero-order valence-electron chi connectivity index (χ0n) is 11.5. The molecular formula is C12H27NO2. The average molecular weight is 217 g/mol. The van der Waals surface area contributed by atoms with Crippen molar-refractivity contribution in [2.75, 3.05) is 6.54 Å². The summed E-state index contributed by atoms with van der Waals surface area (Å²) in [6, 6.07) is 0. The Kier molecular flexibility index (Phi) is 7.45. The van der Waals surface area contributed by atoms with Gasteiger partial charge in [0.1, 0.15) is 5.60 Å². The van der Waals surface area contributed by atoms with E-state index in [0.717, 1.165) is 0 Å². The Morgan fingerprint density at radius 1 is 1.07 bits per heavy atom. The maximum atomic E-state index is 11.2. The van der Waals surface area contributed by atoms with Crippen LogP contribution in [0.25, 0.3) is 0 Å². The summed E-state index contributed by atoms with van der Waals surface area (Å²) in [4.78, 5) is 11.2. The largest absolute Gasteiger partial charge is 0.444 e. The van der Waals surface area contributed by atoms with Crippen LogP contribution in [0.4, 0.5) is 4.79 Å². The van der Waals surface area contributed by atoms with E-state index in [-0.39, 0.29) is 11.5 Å². The Balaban J connectivity index is 0. The maximum absolute atomic E-state index is 11.2. The van der Waals surface area contributed by atoms with E-state index in [4.69, 9.17) is 4.74 Å². The molecule has 0 bridgehead atoms. The highest BCUT2D eigenvalue weighted by molar-refractivity contribution is 5.67. The molecule has 92 valence electrons. The van der Waals surface area contributed by atoms with Gasteiger partial charge in [0.05, 0.1) is 0 Å². The molecule has 0 fully saturated rings. The Labute approximate surface area is 94.6 Å². The summed E-state index contributed by atoms with van der Waals surface area (Å²) < 4.78 is 5.08. The van der Waals surface area contributed by atoms with E-state index >= 15 is 0 Å². The van der Waals surface area contributed by atoms with E-state index < -0.39 is 5.60 Å². The lowest BCUT2D eigenvalue weighted by Gasteiger charge is -2.23. The normalized spacial score (nSPS) is 11.2. The first-order valence-electron chi connectivity index (χ1n) is 5.57. The minimum Gasteiger partial charge on any atom is -0.444 e. The average Bonchev–Trinajstić information content (AvgIpc) is 2.00. The molecule has 0 atom stereocenters. The molecule has 0 aliphatic heterocycles. The van der Waals surface area contributed by atoms with Gasteiger partial charge in [0.2, 0.25) is 0 Å². The van der Waals surface area contributed by atoms with Crippen LogP contribution in [0, 0.1) is 5.41 Å². The maximum Gasteiger partial charge on any atom is 0.407 e. The quantitative estimate of drug-likeness (QED) is 0.729. The zero-order chi connectivity index (χ0) is 12.7. The molecule has 0 radical (unpaired) electrons. The number of ether oxygens (including phenoxy) is 1. The number of hydrogen-bond donors (Lipinski definition) is 1. The predicted molar refractivity (Wildman–Crippen MR) is 65.0 cm³/mol. The van der Waals surface area contributed by atoms with Gasteiger partial charge in [0.25, 0.3) is 0 Å². The van der Waals surface area contributed by atoms with Crippen LogP contribution >= 0.6 is 0 Å². The second kappa shape index (κ2) is 6.70. The van der Waals surface area contributed by atoms with Crippen LogP contribution in [0.2, 0.25) is 0 Å². The highest BCUT2D eigenvalue weighted by atomic mass is 16.6. The molecule has 0 aromatic rings. The fourth-order valence-electron chi connectivity index (χ4n) is 0.652. The van der Waals surface area contributed by atoms with Crippen LogP contribution < -0.4 is 5.32 Å². The standard InChI is InChI=1S/C10H21NO2.C2H6/c1-9(2,3)7-11-8(12)13-10(4,5)6;1-2/h7H2,1-6H3,(H,11,12);1-2H3. The molecule has 3 nitrogen and oxygen atoms in total. The number of amides is 1. The molecule has 0 rings (SSSR count). The van der Waals surface area contributed by atoms with Gasteiger partial charge in [-0.15, -0.1) is 0 Å². The van der Waals surface area contributed by atoms with Crippen molar-refractivity contribution >= 4 is 6.09 Å². The van der Waals surface area contributed by atoms with E-state index in [2.05, 4.69) is 26.1 Å². The minimum absolute atomic E-state index is 0.0942. The van der Waals surface area contributed by atoms with Crippen molar-refractivity contribution in [2.45, 2.75) is 61.0 Å². The van der Waals surface area contributed by atoms with Gasteiger partial charge in [-0.05, 0) is 26.2 Å². The molecule has 0 spiro atoms. The molecule has 0 saturated heterocycles. The summed E-state index contributed by atoms with van der Waals surface area (Å²) in [6.45, 7) is 16.4. The monoisotopic (exact) mass is 217 g/mol. The smallest absolute Gasteiger partial charge is 0.407 e. The van der Waals surface area contributed by atoms with E-state index in [1.807, 2.05) is 34.6 Å². The lowest BCUT2D eigenvalue weighted by molar-refractivity contribution is 0.0509. The number of carbonyl (C=O) groups is 1. The third kappa shape index (κ3) is 16.0. The molecule has 0 aromatic heterocycles. The van der Waals surface area contributed by atoms with Crippen molar-refractivity contribution in [3.8, 4) is 0 Å². The highest BCUT2D eigenvalue weighted by Crippen LogP contribution is 2.11. The van der Waals surface area contributed by atoms with Crippen molar-refractivity contribution in [1.29, 1.82) is 0 Å². The Hall–Kier alpha value is -0.730. The summed E-state index contributed by atoms with van der Waals surface area (Å²) >= 11 is 0. The van der Waals surface area contributed by atoms with Crippen LogP contribution in [-0.2, 0) is 4.74 Å². The Morgan fingerprint density at radius 2 is 1.47 bits per heavy atom. The summed E-state index contributed by atoms with van der Waals surface area (Å²) in [5.74, 6) is 0. The first kappa shape index (κ1) is 16.7. The zero-order valence-corrected chi connectivity index (χ0v) is 11.5. The lowest BCUT2D eigenvalue weighted by atomic mass is 9.97. The van der Waals surface area contributed by atoms with E-state index in [1.165, 1.54) is 0 Å². The van der Waals surface area contributed by atoms with Gasteiger partial charge < -0.3 is 10.1 Å². The molecule has 15 heavy (non-hydrogen) atoms. The van der Waals surface area contributed by atoms with Crippen molar-refractivity contribution in [1.82, 2.24) is 5.32 Å². The van der Waals surface area contributed by atoms with E-state index in [0.29, 0.717) is 6.54 Å². The van der Waals surface area contributed by atoms with Crippen molar-refractivity contribution in [2.24, 2.45) is 5.41 Å². The second-order valence-electron chi connectivity index (χ2n) is 5.42. The molecule has 0 aromatic carbocycles.